The number of imidazole rings is 1. The first-order chi connectivity index (χ1) is 14.6. The maximum absolute atomic E-state index is 13.4. The van der Waals surface area contributed by atoms with E-state index in [1.165, 1.54) is 18.4 Å². The number of halogens is 1. The summed E-state index contributed by atoms with van der Waals surface area (Å²) < 4.78 is 7.93. The van der Waals surface area contributed by atoms with Gasteiger partial charge in [0.15, 0.2) is 0 Å². The number of nitrogens with zero attached hydrogens (tertiary/aromatic N) is 3. The monoisotopic (exact) mass is 423 g/mol. The SMILES string of the molecule is CCCN(Cc1nc2ccc(Cl)cc2n1CC1CC1)C(=O)c1ccc2c(c1)OCC2. The van der Waals surface area contributed by atoms with Gasteiger partial charge < -0.3 is 14.2 Å². The zero-order valence-electron chi connectivity index (χ0n) is 17.2. The van der Waals surface area contributed by atoms with E-state index < -0.39 is 0 Å². The van der Waals surface area contributed by atoms with Crippen molar-refractivity contribution in [2.45, 2.75) is 45.7 Å². The van der Waals surface area contributed by atoms with Crippen molar-refractivity contribution in [1.29, 1.82) is 0 Å². The Morgan fingerprint density at radius 2 is 2.13 bits per heavy atom. The fraction of sp³-hybridized carbons (Fsp3) is 0.417. The van der Waals surface area contributed by atoms with Crippen molar-refractivity contribution in [2.75, 3.05) is 13.2 Å². The maximum atomic E-state index is 13.4. The van der Waals surface area contributed by atoms with Crippen molar-refractivity contribution < 1.29 is 9.53 Å². The Hall–Kier alpha value is -2.53. The lowest BCUT2D eigenvalue weighted by Crippen LogP contribution is -2.32. The second kappa shape index (κ2) is 7.95. The molecule has 0 bridgehead atoms. The van der Waals surface area contributed by atoms with Crippen LogP contribution in [0.1, 0.15) is 47.9 Å². The highest BCUT2D eigenvalue weighted by atomic mass is 35.5. The van der Waals surface area contributed by atoms with E-state index >= 15 is 0 Å². The highest BCUT2D eigenvalue weighted by molar-refractivity contribution is 6.31. The van der Waals surface area contributed by atoms with Crippen molar-refractivity contribution in [3.63, 3.8) is 0 Å². The lowest BCUT2D eigenvalue weighted by Gasteiger charge is -2.23. The quantitative estimate of drug-likeness (QED) is 0.532. The van der Waals surface area contributed by atoms with Gasteiger partial charge in [-0.25, -0.2) is 4.98 Å². The van der Waals surface area contributed by atoms with Crippen molar-refractivity contribution in [2.24, 2.45) is 5.92 Å². The number of fused-ring (bicyclic) bond motifs is 2. The van der Waals surface area contributed by atoms with Crippen LogP contribution >= 0.6 is 11.6 Å². The average molecular weight is 424 g/mol. The molecule has 1 amide bonds. The Morgan fingerprint density at radius 1 is 1.27 bits per heavy atom. The van der Waals surface area contributed by atoms with Crippen LogP contribution < -0.4 is 4.74 Å². The zero-order valence-corrected chi connectivity index (χ0v) is 18.0. The molecule has 1 aliphatic heterocycles. The molecule has 2 aromatic carbocycles. The van der Waals surface area contributed by atoms with E-state index in [2.05, 4.69) is 11.5 Å². The molecular formula is C24H26ClN3O2. The molecule has 5 rings (SSSR count). The second-order valence-corrected chi connectivity index (χ2v) is 8.80. The molecule has 0 spiro atoms. The fourth-order valence-corrected chi connectivity index (χ4v) is 4.37. The number of carbonyl (C=O) groups is 1. The van der Waals surface area contributed by atoms with Gasteiger partial charge in [-0.15, -0.1) is 0 Å². The summed E-state index contributed by atoms with van der Waals surface area (Å²) in [5, 5.41) is 0.714. The van der Waals surface area contributed by atoms with E-state index in [-0.39, 0.29) is 5.91 Å². The van der Waals surface area contributed by atoms with Gasteiger partial charge in [-0.3, -0.25) is 4.79 Å². The lowest BCUT2D eigenvalue weighted by atomic mass is 10.1. The van der Waals surface area contributed by atoms with Crippen molar-refractivity contribution in [1.82, 2.24) is 14.5 Å². The first-order valence-electron chi connectivity index (χ1n) is 10.8. The summed E-state index contributed by atoms with van der Waals surface area (Å²) in [7, 11) is 0. The molecule has 0 radical (unpaired) electrons. The molecule has 1 aromatic heterocycles. The molecule has 3 aromatic rings. The highest BCUT2D eigenvalue weighted by Gasteiger charge is 2.26. The Bertz CT molecular complexity index is 1100. The Kier molecular flexibility index (Phi) is 5.15. The van der Waals surface area contributed by atoms with Crippen LogP contribution in [-0.2, 0) is 19.5 Å². The van der Waals surface area contributed by atoms with E-state index in [0.29, 0.717) is 36.2 Å². The molecule has 5 nitrogen and oxygen atoms in total. The second-order valence-electron chi connectivity index (χ2n) is 8.36. The Morgan fingerprint density at radius 3 is 2.93 bits per heavy atom. The van der Waals surface area contributed by atoms with Crippen LogP contribution in [0.5, 0.6) is 5.75 Å². The van der Waals surface area contributed by atoms with Gasteiger partial charge in [0.2, 0.25) is 0 Å². The van der Waals surface area contributed by atoms with E-state index in [9.17, 15) is 4.79 Å². The van der Waals surface area contributed by atoms with E-state index in [1.807, 2.05) is 41.3 Å². The topological polar surface area (TPSA) is 47.4 Å². The van der Waals surface area contributed by atoms with Crippen LogP contribution in [0.25, 0.3) is 11.0 Å². The molecule has 0 saturated heterocycles. The summed E-state index contributed by atoms with van der Waals surface area (Å²) in [6.45, 7) is 4.90. The van der Waals surface area contributed by atoms with E-state index in [4.69, 9.17) is 21.3 Å². The zero-order chi connectivity index (χ0) is 20.7. The predicted molar refractivity (Wildman–Crippen MR) is 118 cm³/mol. The number of ether oxygens (including phenoxy) is 1. The molecule has 1 fully saturated rings. The van der Waals surface area contributed by atoms with Crippen molar-refractivity contribution in [3.8, 4) is 5.75 Å². The molecule has 6 heteroatoms. The van der Waals surface area contributed by atoms with Gasteiger partial charge in [0.25, 0.3) is 5.91 Å². The molecule has 0 atom stereocenters. The van der Waals surface area contributed by atoms with Crippen molar-refractivity contribution >= 4 is 28.5 Å². The predicted octanol–water partition coefficient (Wildman–Crippen LogP) is 5.09. The van der Waals surface area contributed by atoms with E-state index in [1.54, 1.807) is 0 Å². The van der Waals surface area contributed by atoms with E-state index in [0.717, 1.165) is 42.0 Å². The molecule has 2 heterocycles. The number of amides is 1. The fourth-order valence-electron chi connectivity index (χ4n) is 4.20. The number of benzene rings is 2. The number of carbonyl (C=O) groups excluding carboxylic acids is 1. The van der Waals surface area contributed by atoms with Crippen LogP contribution in [0.4, 0.5) is 0 Å². The first-order valence-corrected chi connectivity index (χ1v) is 11.2. The summed E-state index contributed by atoms with van der Waals surface area (Å²) in [5.41, 5.74) is 3.85. The molecule has 1 aliphatic carbocycles. The summed E-state index contributed by atoms with van der Waals surface area (Å²) in [6, 6.07) is 11.7. The third-order valence-electron chi connectivity index (χ3n) is 5.98. The van der Waals surface area contributed by atoms with Gasteiger partial charge in [0, 0.05) is 30.1 Å². The van der Waals surface area contributed by atoms with Crippen LogP contribution in [0.2, 0.25) is 5.02 Å². The Balaban J connectivity index is 1.47. The van der Waals surface area contributed by atoms with Crippen molar-refractivity contribution in [3.05, 3.63) is 58.4 Å². The highest BCUT2D eigenvalue weighted by Crippen LogP contribution is 2.33. The van der Waals surface area contributed by atoms with Crippen LogP contribution in [0.3, 0.4) is 0 Å². The molecular weight excluding hydrogens is 398 g/mol. The third-order valence-corrected chi connectivity index (χ3v) is 6.22. The summed E-state index contributed by atoms with van der Waals surface area (Å²) in [4.78, 5) is 20.1. The number of hydrogen-bond donors (Lipinski definition) is 0. The molecule has 30 heavy (non-hydrogen) atoms. The third kappa shape index (κ3) is 3.79. The average Bonchev–Trinajstić information content (AvgIpc) is 3.34. The minimum atomic E-state index is 0.0261. The minimum absolute atomic E-state index is 0.0261. The van der Waals surface area contributed by atoms with Gasteiger partial charge in [-0.05, 0) is 61.1 Å². The number of rotatable bonds is 7. The Labute approximate surface area is 181 Å². The number of aromatic nitrogens is 2. The van der Waals surface area contributed by atoms with Gasteiger partial charge in [-0.1, -0.05) is 24.6 Å². The molecule has 0 N–H and O–H groups in total. The number of hydrogen-bond acceptors (Lipinski definition) is 3. The van der Waals surface area contributed by atoms with Gasteiger partial charge in [0.05, 0.1) is 24.2 Å². The molecule has 2 aliphatic rings. The van der Waals surface area contributed by atoms with Crippen LogP contribution in [0.15, 0.2) is 36.4 Å². The maximum Gasteiger partial charge on any atom is 0.254 e. The normalized spacial score (nSPS) is 15.3. The standard InChI is InChI=1S/C24H26ClN3O2/c1-2-10-27(24(29)18-6-5-17-9-11-30-22(17)12-18)15-23-26-20-8-7-19(25)13-21(20)28(23)14-16-3-4-16/h5-8,12-13,16H,2-4,9-11,14-15H2,1H3. The van der Waals surface area contributed by atoms with Gasteiger partial charge in [0.1, 0.15) is 11.6 Å². The van der Waals surface area contributed by atoms with Gasteiger partial charge >= 0.3 is 0 Å². The first kappa shape index (κ1) is 19.4. The minimum Gasteiger partial charge on any atom is -0.493 e. The summed E-state index contributed by atoms with van der Waals surface area (Å²) >= 11 is 6.27. The van der Waals surface area contributed by atoms with Gasteiger partial charge in [-0.2, -0.15) is 0 Å². The van der Waals surface area contributed by atoms with Crippen LogP contribution in [0, 0.1) is 5.92 Å². The summed E-state index contributed by atoms with van der Waals surface area (Å²) in [6.07, 6.45) is 4.32. The molecule has 0 unspecified atom stereocenters. The van der Waals surface area contributed by atoms with Crippen LogP contribution in [-0.4, -0.2) is 33.5 Å². The largest absolute Gasteiger partial charge is 0.493 e. The molecule has 156 valence electrons. The lowest BCUT2D eigenvalue weighted by molar-refractivity contribution is 0.0737. The molecule has 1 saturated carbocycles. The smallest absolute Gasteiger partial charge is 0.254 e. The summed E-state index contributed by atoms with van der Waals surface area (Å²) in [5.74, 6) is 2.49.